The lowest BCUT2D eigenvalue weighted by Gasteiger charge is -2.07. The fraction of sp³-hybridized carbons (Fsp3) is 0.333. The quantitative estimate of drug-likeness (QED) is 0.741. The van der Waals surface area contributed by atoms with Crippen LogP contribution in [0, 0.1) is 0 Å². The van der Waals surface area contributed by atoms with Gasteiger partial charge in [0.25, 0.3) is 11.5 Å². The van der Waals surface area contributed by atoms with Crippen LogP contribution in [0.4, 0.5) is 5.13 Å². The van der Waals surface area contributed by atoms with Crippen LogP contribution < -0.4 is 16.6 Å². The van der Waals surface area contributed by atoms with E-state index in [1.54, 1.807) is 0 Å². The Morgan fingerprint density at radius 3 is 2.52 bits per heavy atom. The summed E-state index contributed by atoms with van der Waals surface area (Å²) in [6.45, 7) is 3.97. The Balaban J connectivity index is 1.99. The van der Waals surface area contributed by atoms with Crippen LogP contribution in [0.5, 0.6) is 0 Å². The lowest BCUT2D eigenvalue weighted by molar-refractivity contribution is 0.102. The normalized spacial score (nSPS) is 11.2. The van der Waals surface area contributed by atoms with Crippen LogP contribution in [-0.2, 0) is 14.1 Å². The van der Waals surface area contributed by atoms with Crippen LogP contribution in [0.15, 0.2) is 21.7 Å². The van der Waals surface area contributed by atoms with E-state index in [0.717, 1.165) is 9.57 Å². The summed E-state index contributed by atoms with van der Waals surface area (Å²) in [6.07, 6.45) is 0. The highest BCUT2D eigenvalue weighted by Gasteiger charge is 2.16. The van der Waals surface area contributed by atoms with E-state index in [1.807, 2.05) is 13.8 Å². The molecule has 3 rings (SSSR count). The van der Waals surface area contributed by atoms with Crippen LogP contribution in [0.3, 0.4) is 0 Å². The number of aryl methyl sites for hydroxylation is 1. The van der Waals surface area contributed by atoms with Crippen LogP contribution in [0.1, 0.15) is 35.3 Å². The lowest BCUT2D eigenvalue weighted by Crippen LogP contribution is -2.37. The van der Waals surface area contributed by atoms with E-state index in [-0.39, 0.29) is 22.6 Å². The summed E-state index contributed by atoms with van der Waals surface area (Å²) in [7, 11) is 2.89. The van der Waals surface area contributed by atoms with Gasteiger partial charge in [0.1, 0.15) is 16.3 Å². The van der Waals surface area contributed by atoms with Crippen molar-refractivity contribution in [1.29, 1.82) is 0 Å². The first kappa shape index (κ1) is 17.0. The van der Waals surface area contributed by atoms with Gasteiger partial charge in [0.15, 0.2) is 0 Å². The van der Waals surface area contributed by atoms with Crippen molar-refractivity contribution in [3.05, 3.63) is 43.7 Å². The molecule has 0 aliphatic heterocycles. The van der Waals surface area contributed by atoms with Crippen molar-refractivity contribution in [3.8, 4) is 0 Å². The summed E-state index contributed by atoms with van der Waals surface area (Å²) < 4.78 is 2.23. The van der Waals surface area contributed by atoms with E-state index >= 15 is 0 Å². The third-order valence-electron chi connectivity index (χ3n) is 3.69. The molecule has 0 fully saturated rings. The maximum absolute atomic E-state index is 12.4. The SMILES string of the molecule is CC(C)c1nnc(NC(=O)c2ccc3c(=O)n(C)c(=O)n(C)c3n2)s1. The first-order valence-corrected chi connectivity index (χ1v) is 8.32. The Kier molecular flexibility index (Phi) is 4.21. The molecule has 0 unspecified atom stereocenters. The molecule has 0 bridgehead atoms. The Bertz CT molecular complexity index is 1090. The summed E-state index contributed by atoms with van der Waals surface area (Å²) in [6, 6.07) is 2.92. The third-order valence-corrected chi connectivity index (χ3v) is 4.83. The van der Waals surface area contributed by atoms with Crippen molar-refractivity contribution in [3.63, 3.8) is 0 Å². The summed E-state index contributed by atoms with van der Waals surface area (Å²) in [4.78, 5) is 40.7. The van der Waals surface area contributed by atoms with Gasteiger partial charge < -0.3 is 0 Å². The van der Waals surface area contributed by atoms with Gasteiger partial charge in [0.2, 0.25) is 5.13 Å². The minimum absolute atomic E-state index is 0.0806. The topological polar surface area (TPSA) is 112 Å². The minimum Gasteiger partial charge on any atom is -0.295 e. The van der Waals surface area contributed by atoms with Gasteiger partial charge in [0.05, 0.1) is 5.39 Å². The molecule has 25 heavy (non-hydrogen) atoms. The highest BCUT2D eigenvalue weighted by molar-refractivity contribution is 7.15. The molecule has 130 valence electrons. The number of hydrogen-bond acceptors (Lipinski definition) is 7. The number of anilines is 1. The number of fused-ring (bicyclic) bond motifs is 1. The van der Waals surface area contributed by atoms with E-state index in [2.05, 4.69) is 20.5 Å². The van der Waals surface area contributed by atoms with Crippen LogP contribution >= 0.6 is 11.3 Å². The number of aromatic nitrogens is 5. The van der Waals surface area contributed by atoms with Gasteiger partial charge in [-0.15, -0.1) is 10.2 Å². The van der Waals surface area contributed by atoms with E-state index in [0.29, 0.717) is 5.13 Å². The number of carbonyl (C=O) groups excluding carboxylic acids is 1. The second-order valence-corrected chi connectivity index (χ2v) is 6.84. The van der Waals surface area contributed by atoms with E-state index in [9.17, 15) is 14.4 Å². The molecule has 0 spiro atoms. The first-order valence-electron chi connectivity index (χ1n) is 7.51. The molecule has 1 N–H and O–H groups in total. The molecule has 9 nitrogen and oxygen atoms in total. The zero-order chi connectivity index (χ0) is 18.3. The minimum atomic E-state index is -0.506. The Hall–Kier alpha value is -2.88. The average molecular weight is 360 g/mol. The van der Waals surface area contributed by atoms with Gasteiger partial charge in [0, 0.05) is 20.0 Å². The van der Waals surface area contributed by atoms with Crippen molar-refractivity contribution in [2.24, 2.45) is 14.1 Å². The summed E-state index contributed by atoms with van der Waals surface area (Å²) in [5.41, 5.74) is -0.727. The summed E-state index contributed by atoms with van der Waals surface area (Å²) >= 11 is 1.29. The Labute approximate surface area is 146 Å². The molecular formula is C15H16N6O3S. The van der Waals surface area contributed by atoms with E-state index < -0.39 is 17.2 Å². The number of rotatable bonds is 3. The predicted octanol–water partition coefficient (Wildman–Crippen LogP) is 0.859. The average Bonchev–Trinajstić information content (AvgIpc) is 3.06. The van der Waals surface area contributed by atoms with Gasteiger partial charge in [-0.05, 0) is 12.1 Å². The highest BCUT2D eigenvalue weighted by Crippen LogP contribution is 2.22. The fourth-order valence-corrected chi connectivity index (χ4v) is 3.00. The van der Waals surface area contributed by atoms with E-state index in [4.69, 9.17) is 0 Å². The highest BCUT2D eigenvalue weighted by atomic mass is 32.1. The number of nitrogens with zero attached hydrogens (tertiary/aromatic N) is 5. The van der Waals surface area contributed by atoms with Crippen molar-refractivity contribution in [1.82, 2.24) is 24.3 Å². The zero-order valence-corrected chi connectivity index (χ0v) is 14.9. The molecule has 0 atom stereocenters. The van der Waals surface area contributed by atoms with Crippen LogP contribution in [-0.4, -0.2) is 30.2 Å². The number of nitrogens with one attached hydrogen (secondary N) is 1. The fourth-order valence-electron chi connectivity index (χ4n) is 2.26. The molecule has 0 saturated heterocycles. The number of hydrogen-bond donors (Lipinski definition) is 1. The smallest absolute Gasteiger partial charge is 0.295 e. The molecule has 0 saturated carbocycles. The molecule has 3 heterocycles. The number of pyridine rings is 1. The molecule has 3 aromatic heterocycles. The van der Waals surface area contributed by atoms with Gasteiger partial charge in [-0.25, -0.2) is 9.78 Å². The molecule has 0 aromatic carbocycles. The van der Waals surface area contributed by atoms with Crippen LogP contribution in [0.2, 0.25) is 0 Å². The maximum Gasteiger partial charge on any atom is 0.332 e. The van der Waals surface area contributed by atoms with Crippen molar-refractivity contribution < 1.29 is 4.79 Å². The van der Waals surface area contributed by atoms with Crippen molar-refractivity contribution in [2.45, 2.75) is 19.8 Å². The predicted molar refractivity (Wildman–Crippen MR) is 94.2 cm³/mol. The van der Waals surface area contributed by atoms with Gasteiger partial charge >= 0.3 is 5.69 Å². The molecule has 3 aromatic rings. The first-order chi connectivity index (χ1) is 11.8. The molecule has 0 aliphatic rings. The molecule has 1 amide bonds. The van der Waals surface area contributed by atoms with Crippen molar-refractivity contribution in [2.75, 3.05) is 5.32 Å². The second kappa shape index (κ2) is 6.20. The second-order valence-electron chi connectivity index (χ2n) is 5.83. The zero-order valence-electron chi connectivity index (χ0n) is 14.1. The molecular weight excluding hydrogens is 344 g/mol. The van der Waals surface area contributed by atoms with Crippen LogP contribution in [0.25, 0.3) is 11.0 Å². The third kappa shape index (κ3) is 2.95. The summed E-state index contributed by atoms with van der Waals surface area (Å²) in [5.74, 6) is -0.269. The Morgan fingerprint density at radius 1 is 1.16 bits per heavy atom. The van der Waals surface area contributed by atoms with Crippen molar-refractivity contribution >= 4 is 33.4 Å². The van der Waals surface area contributed by atoms with Gasteiger partial charge in [-0.3, -0.25) is 24.0 Å². The lowest BCUT2D eigenvalue weighted by atomic mass is 10.2. The maximum atomic E-state index is 12.4. The number of amides is 1. The van der Waals surface area contributed by atoms with Gasteiger partial charge in [-0.2, -0.15) is 0 Å². The molecule has 0 radical (unpaired) electrons. The number of carbonyl (C=O) groups is 1. The monoisotopic (exact) mass is 360 g/mol. The molecule has 0 aliphatic carbocycles. The van der Waals surface area contributed by atoms with Gasteiger partial charge in [-0.1, -0.05) is 25.2 Å². The Morgan fingerprint density at radius 2 is 1.88 bits per heavy atom. The largest absolute Gasteiger partial charge is 0.332 e. The molecule has 10 heteroatoms. The standard InChI is InChI=1S/C15H16N6O3S/c1-7(2)12-18-19-14(25-12)17-11(22)9-6-5-8-10(16-9)20(3)15(24)21(4)13(8)23/h5-7H,1-4H3,(H,17,19,22). The summed E-state index contributed by atoms with van der Waals surface area (Å²) in [5, 5.41) is 12.0. The van der Waals surface area contributed by atoms with E-state index in [1.165, 1.54) is 42.1 Å².